The molecular formula is C21H33FN4O4. The predicted molar refractivity (Wildman–Crippen MR) is 114 cm³/mol. The smallest absolute Gasteiger partial charge is 0.340 e. The Morgan fingerprint density at radius 3 is 2.43 bits per heavy atom. The number of amides is 1. The number of anilines is 2. The Labute approximate surface area is 177 Å². The van der Waals surface area contributed by atoms with Crippen molar-refractivity contribution in [1.82, 2.24) is 5.43 Å². The first-order valence-corrected chi connectivity index (χ1v) is 10.2. The number of ether oxygens (including phenoxy) is 2. The third-order valence-electron chi connectivity index (χ3n) is 5.23. The molecule has 1 saturated carbocycles. The van der Waals surface area contributed by atoms with E-state index in [4.69, 9.17) is 15.3 Å². The second-order valence-electron chi connectivity index (χ2n) is 7.77. The highest BCUT2D eigenvalue weighted by atomic mass is 19.1. The minimum atomic E-state index is -0.494. The van der Waals surface area contributed by atoms with Gasteiger partial charge in [0, 0.05) is 18.8 Å². The lowest BCUT2D eigenvalue weighted by molar-refractivity contribution is -0.118. The number of halogens is 1. The van der Waals surface area contributed by atoms with Crippen LogP contribution in [0.4, 0.5) is 15.8 Å². The molecule has 1 aromatic rings. The van der Waals surface area contributed by atoms with Crippen LogP contribution in [0.3, 0.4) is 0 Å². The Morgan fingerprint density at radius 1 is 1.27 bits per heavy atom. The van der Waals surface area contributed by atoms with Crippen molar-refractivity contribution in [3.05, 3.63) is 23.8 Å². The number of carbonyl (C=O) groups is 2. The zero-order valence-electron chi connectivity index (χ0n) is 18.1. The Morgan fingerprint density at radius 2 is 1.90 bits per heavy atom. The quantitative estimate of drug-likeness (QED) is 0.350. The average molecular weight is 425 g/mol. The lowest BCUT2D eigenvalue weighted by atomic mass is 10.1. The molecular weight excluding hydrogens is 391 g/mol. The molecule has 0 bridgehead atoms. The number of hydrogen-bond acceptors (Lipinski definition) is 7. The number of nitrogens with one attached hydrogen (secondary N) is 2. The van der Waals surface area contributed by atoms with Gasteiger partial charge in [-0.3, -0.25) is 15.0 Å². The van der Waals surface area contributed by atoms with Gasteiger partial charge in [0.1, 0.15) is 6.04 Å². The van der Waals surface area contributed by atoms with Gasteiger partial charge in [0.05, 0.1) is 37.7 Å². The number of nitrogens with zero attached hydrogens (tertiary/aromatic N) is 1. The molecule has 1 aliphatic carbocycles. The summed E-state index contributed by atoms with van der Waals surface area (Å²) in [6, 6.07) is 4.92. The van der Waals surface area contributed by atoms with Gasteiger partial charge in [-0.15, -0.1) is 0 Å². The normalized spacial score (nSPS) is 21.9. The van der Waals surface area contributed by atoms with Gasteiger partial charge in [0.25, 0.3) is 0 Å². The van der Waals surface area contributed by atoms with Crippen LogP contribution in [0.15, 0.2) is 18.2 Å². The molecule has 2 fully saturated rings. The monoisotopic (exact) mass is 424 g/mol. The van der Waals surface area contributed by atoms with Gasteiger partial charge in [0.2, 0.25) is 5.91 Å². The molecule has 3 rings (SSSR count). The summed E-state index contributed by atoms with van der Waals surface area (Å²) < 4.78 is 20.2. The molecule has 168 valence electrons. The Bertz CT molecular complexity index is 719. The Kier molecular flexibility index (Phi) is 9.01. The fourth-order valence-corrected chi connectivity index (χ4v) is 3.66. The third-order valence-corrected chi connectivity index (χ3v) is 5.23. The van der Waals surface area contributed by atoms with Crippen molar-refractivity contribution in [3.8, 4) is 0 Å². The molecule has 0 radical (unpaired) electrons. The van der Waals surface area contributed by atoms with Gasteiger partial charge in [-0.05, 0) is 44.4 Å². The lowest BCUT2D eigenvalue weighted by Crippen LogP contribution is -2.45. The van der Waals surface area contributed by atoms with Crippen molar-refractivity contribution < 1.29 is 23.5 Å². The predicted octanol–water partition coefficient (Wildman–Crippen LogP) is 2.24. The van der Waals surface area contributed by atoms with Crippen LogP contribution in [0.25, 0.3) is 0 Å². The number of morpholine rings is 1. The van der Waals surface area contributed by atoms with Crippen LogP contribution in [0.5, 0.6) is 0 Å². The number of rotatable bonds is 7. The first-order chi connectivity index (χ1) is 14.4. The van der Waals surface area contributed by atoms with Crippen LogP contribution in [-0.4, -0.2) is 57.5 Å². The molecule has 1 amide bonds. The number of hydrazine groups is 1. The van der Waals surface area contributed by atoms with Crippen LogP contribution in [0, 0.1) is 5.92 Å². The summed E-state index contributed by atoms with van der Waals surface area (Å²) in [4.78, 5) is 27.1. The zero-order valence-corrected chi connectivity index (χ0v) is 18.1. The molecule has 9 heteroatoms. The number of hydrogen-bond donors (Lipinski definition) is 3. The molecule has 1 saturated heterocycles. The standard InChI is InChI=1S/C20H30N4O4.CH3F/c1-12-10-24(11-13(2)28-12)15-6-7-17(16(9-15)20(26)27-3)22-19(25)18(23-21)8-14-4-5-14;1-2/h6-7,9,12-14,18,23H,4-5,8,10-11,21H2,1-3H3,(H,22,25);1H3/t12-,13?,18-;/m0./s1. The van der Waals surface area contributed by atoms with E-state index in [1.807, 2.05) is 19.9 Å². The van der Waals surface area contributed by atoms with E-state index in [0.29, 0.717) is 30.8 Å². The number of methoxy groups -OCH3 is 1. The Balaban J connectivity index is 0.00000155. The third kappa shape index (κ3) is 6.38. The van der Waals surface area contributed by atoms with Gasteiger partial charge in [0.15, 0.2) is 0 Å². The summed E-state index contributed by atoms with van der Waals surface area (Å²) in [6.45, 7) is 5.52. The summed E-state index contributed by atoms with van der Waals surface area (Å²) in [5, 5.41) is 2.83. The van der Waals surface area contributed by atoms with Crippen LogP contribution >= 0.6 is 0 Å². The molecule has 30 heavy (non-hydrogen) atoms. The van der Waals surface area contributed by atoms with E-state index in [-0.39, 0.29) is 18.1 Å². The van der Waals surface area contributed by atoms with Gasteiger partial charge >= 0.3 is 5.97 Å². The highest BCUT2D eigenvalue weighted by molar-refractivity contribution is 6.03. The second kappa shape index (κ2) is 11.2. The molecule has 1 aliphatic heterocycles. The minimum absolute atomic E-state index is 0.100. The zero-order chi connectivity index (χ0) is 22.3. The van der Waals surface area contributed by atoms with Gasteiger partial charge in [-0.25, -0.2) is 10.2 Å². The molecule has 0 spiro atoms. The summed E-state index contributed by atoms with van der Waals surface area (Å²) in [6.07, 6.45) is 3.15. The van der Waals surface area contributed by atoms with E-state index in [1.165, 1.54) is 7.11 Å². The van der Waals surface area contributed by atoms with Crippen molar-refractivity contribution in [2.24, 2.45) is 11.8 Å². The molecule has 0 aromatic heterocycles. The van der Waals surface area contributed by atoms with Crippen LogP contribution in [0.2, 0.25) is 0 Å². The van der Waals surface area contributed by atoms with Crippen molar-refractivity contribution in [1.29, 1.82) is 0 Å². The SMILES string of the molecule is CF.COC(=O)c1cc(N2CC(C)O[C@@H](C)C2)ccc1NC(=O)[C@H](CC1CC1)NN. The molecule has 2 aliphatic rings. The first-order valence-electron chi connectivity index (χ1n) is 10.2. The first kappa shape index (κ1) is 24.0. The van der Waals surface area contributed by atoms with Gasteiger partial charge in [-0.2, -0.15) is 0 Å². The van der Waals surface area contributed by atoms with Crippen molar-refractivity contribution >= 4 is 23.3 Å². The van der Waals surface area contributed by atoms with Gasteiger partial charge < -0.3 is 19.7 Å². The minimum Gasteiger partial charge on any atom is -0.465 e. The van der Waals surface area contributed by atoms with Gasteiger partial charge in [-0.1, -0.05) is 12.8 Å². The second-order valence-corrected chi connectivity index (χ2v) is 7.77. The van der Waals surface area contributed by atoms with E-state index in [0.717, 1.165) is 31.6 Å². The van der Waals surface area contributed by atoms with Crippen molar-refractivity contribution in [2.75, 3.05) is 37.6 Å². The maximum Gasteiger partial charge on any atom is 0.340 e. The van der Waals surface area contributed by atoms with Crippen LogP contribution < -0.4 is 21.5 Å². The summed E-state index contributed by atoms with van der Waals surface area (Å²) in [5.41, 5.74) is 4.22. The largest absolute Gasteiger partial charge is 0.465 e. The molecule has 1 heterocycles. The van der Waals surface area contributed by atoms with E-state index in [2.05, 4.69) is 15.6 Å². The Hall–Kier alpha value is -2.23. The van der Waals surface area contributed by atoms with Crippen LogP contribution in [0.1, 0.15) is 43.5 Å². The van der Waals surface area contributed by atoms with E-state index in [1.54, 1.807) is 12.1 Å². The molecule has 1 aromatic carbocycles. The fourth-order valence-electron chi connectivity index (χ4n) is 3.66. The van der Waals surface area contributed by atoms with Crippen LogP contribution in [-0.2, 0) is 14.3 Å². The number of alkyl halides is 1. The number of nitrogens with two attached hydrogens (primary N) is 1. The maximum atomic E-state index is 12.6. The maximum absolute atomic E-state index is 12.6. The molecule has 3 atom stereocenters. The van der Waals surface area contributed by atoms with Crippen molar-refractivity contribution in [3.63, 3.8) is 0 Å². The number of carbonyl (C=O) groups excluding carboxylic acids is 2. The average Bonchev–Trinajstić information content (AvgIpc) is 3.56. The molecule has 1 unspecified atom stereocenters. The number of esters is 1. The van der Waals surface area contributed by atoms with E-state index < -0.39 is 12.0 Å². The lowest BCUT2D eigenvalue weighted by Gasteiger charge is -2.37. The van der Waals surface area contributed by atoms with E-state index in [9.17, 15) is 14.0 Å². The van der Waals surface area contributed by atoms with E-state index >= 15 is 0 Å². The van der Waals surface area contributed by atoms with Crippen molar-refractivity contribution in [2.45, 2.75) is 51.4 Å². The summed E-state index contributed by atoms with van der Waals surface area (Å²) in [7, 11) is 1.83. The summed E-state index contributed by atoms with van der Waals surface area (Å²) >= 11 is 0. The molecule has 8 nitrogen and oxygen atoms in total. The number of benzene rings is 1. The summed E-state index contributed by atoms with van der Waals surface area (Å²) in [5.74, 6) is 5.35. The fraction of sp³-hybridized carbons (Fsp3) is 0.619. The topological polar surface area (TPSA) is 106 Å². The molecule has 4 N–H and O–H groups in total. The highest BCUT2D eigenvalue weighted by Gasteiger charge is 2.30. The highest BCUT2D eigenvalue weighted by Crippen LogP contribution is 2.34.